The molecule has 25 heavy (non-hydrogen) atoms. The van der Waals surface area contributed by atoms with Crippen LogP contribution in [0.1, 0.15) is 16.7 Å². The average Bonchev–Trinajstić information content (AvgIpc) is 3.03. The van der Waals surface area contributed by atoms with Gasteiger partial charge >= 0.3 is 5.97 Å². The fourth-order valence-electron chi connectivity index (χ4n) is 3.05. The van der Waals surface area contributed by atoms with E-state index in [4.69, 9.17) is 9.84 Å². The van der Waals surface area contributed by atoms with Crippen LogP contribution in [0.15, 0.2) is 42.5 Å². The minimum atomic E-state index is -1.92. The van der Waals surface area contributed by atoms with Gasteiger partial charge in [0.1, 0.15) is 18.8 Å². The van der Waals surface area contributed by atoms with E-state index in [0.717, 1.165) is 28.7 Å². The molecule has 2 aromatic rings. The van der Waals surface area contributed by atoms with Crippen molar-refractivity contribution in [1.29, 1.82) is 0 Å². The molecule has 132 valence electrons. The molecule has 0 radical (unpaired) electrons. The molecular formula is C19H20O6. The molecule has 1 aliphatic carbocycles. The van der Waals surface area contributed by atoms with E-state index in [1.807, 2.05) is 36.4 Å². The Kier molecular flexibility index (Phi) is 5.15. The van der Waals surface area contributed by atoms with Crippen LogP contribution in [0.2, 0.25) is 0 Å². The molecule has 6 heteroatoms. The highest BCUT2D eigenvalue weighted by atomic mass is 16.5. The quantitative estimate of drug-likeness (QED) is 0.482. The zero-order valence-corrected chi connectivity index (χ0v) is 13.5. The smallest absolute Gasteiger partial charge is 0.338 e. The van der Waals surface area contributed by atoms with E-state index in [0.29, 0.717) is 0 Å². The predicted octanol–water partition coefficient (Wildman–Crippen LogP) is 0.376. The van der Waals surface area contributed by atoms with Crippen LogP contribution in [-0.2, 0) is 22.6 Å². The van der Waals surface area contributed by atoms with Crippen molar-refractivity contribution in [3.8, 4) is 11.1 Å². The molecule has 0 fully saturated rings. The maximum absolute atomic E-state index is 11.9. The number of fused-ring (bicyclic) bond motifs is 3. The Morgan fingerprint density at radius 2 is 1.76 bits per heavy atom. The van der Waals surface area contributed by atoms with Crippen LogP contribution in [0, 0.1) is 0 Å². The van der Waals surface area contributed by atoms with Gasteiger partial charge in [0.2, 0.25) is 0 Å². The monoisotopic (exact) mass is 344 g/mol. The van der Waals surface area contributed by atoms with Crippen molar-refractivity contribution in [2.75, 3.05) is 6.61 Å². The number of carbonyl (C=O) groups is 1. The highest BCUT2D eigenvalue weighted by Crippen LogP contribution is 2.38. The molecule has 2 aromatic carbocycles. The molecule has 0 bridgehead atoms. The second-order valence-electron chi connectivity index (χ2n) is 6.07. The molecule has 4 N–H and O–H groups in total. The van der Waals surface area contributed by atoms with E-state index in [1.54, 1.807) is 0 Å². The highest BCUT2D eigenvalue weighted by molar-refractivity contribution is 5.78. The van der Waals surface area contributed by atoms with E-state index < -0.39 is 30.9 Å². The van der Waals surface area contributed by atoms with Crippen LogP contribution in [0.25, 0.3) is 11.1 Å². The van der Waals surface area contributed by atoms with Crippen LogP contribution < -0.4 is 0 Å². The van der Waals surface area contributed by atoms with Gasteiger partial charge in [-0.15, -0.1) is 0 Å². The second kappa shape index (κ2) is 7.33. The van der Waals surface area contributed by atoms with Crippen molar-refractivity contribution in [3.63, 3.8) is 0 Å². The summed E-state index contributed by atoms with van der Waals surface area (Å²) in [7, 11) is 0. The molecule has 0 spiro atoms. The summed E-state index contributed by atoms with van der Waals surface area (Å²) in [4.78, 5) is 11.9. The Bertz CT molecular complexity index is 772. The Morgan fingerprint density at radius 1 is 1.04 bits per heavy atom. The summed E-state index contributed by atoms with van der Waals surface area (Å²) in [6.07, 6.45) is -4.59. The highest BCUT2D eigenvalue weighted by Gasteiger charge is 2.31. The summed E-state index contributed by atoms with van der Waals surface area (Å²) in [5.74, 6) is -1.05. The van der Waals surface area contributed by atoms with Crippen molar-refractivity contribution >= 4 is 5.97 Å². The number of esters is 1. The predicted molar refractivity (Wildman–Crippen MR) is 89.6 cm³/mol. The third-order valence-electron chi connectivity index (χ3n) is 4.46. The molecule has 6 nitrogen and oxygen atoms in total. The number of benzene rings is 2. The van der Waals surface area contributed by atoms with Crippen LogP contribution in [0.4, 0.5) is 0 Å². The Labute approximate surface area is 144 Å². The molecule has 3 unspecified atom stereocenters. The minimum absolute atomic E-state index is 0.0466. The van der Waals surface area contributed by atoms with E-state index in [-0.39, 0.29) is 6.61 Å². The molecule has 0 saturated heterocycles. The lowest BCUT2D eigenvalue weighted by Crippen LogP contribution is -2.44. The third kappa shape index (κ3) is 3.43. The largest absolute Gasteiger partial charge is 0.459 e. The van der Waals surface area contributed by atoms with Gasteiger partial charge in [-0.1, -0.05) is 42.5 Å². The van der Waals surface area contributed by atoms with E-state index in [2.05, 4.69) is 6.07 Å². The summed E-state index contributed by atoms with van der Waals surface area (Å²) in [6, 6.07) is 13.8. The van der Waals surface area contributed by atoms with Crippen LogP contribution >= 0.6 is 0 Å². The molecular weight excluding hydrogens is 324 g/mol. The number of hydrogen-bond donors (Lipinski definition) is 4. The van der Waals surface area contributed by atoms with E-state index in [9.17, 15) is 20.1 Å². The molecule has 3 atom stereocenters. The fourth-order valence-corrected chi connectivity index (χ4v) is 3.05. The Balaban J connectivity index is 1.70. The van der Waals surface area contributed by atoms with Crippen molar-refractivity contribution in [1.82, 2.24) is 0 Å². The molecule has 3 rings (SSSR count). The molecule has 0 amide bonds. The Hall–Kier alpha value is -2.25. The molecule has 0 saturated carbocycles. The van der Waals surface area contributed by atoms with Gasteiger partial charge in [0.05, 0.1) is 6.61 Å². The number of aliphatic hydroxyl groups is 4. The average molecular weight is 344 g/mol. The lowest BCUT2D eigenvalue weighted by Gasteiger charge is -2.20. The van der Waals surface area contributed by atoms with Gasteiger partial charge in [-0.25, -0.2) is 4.79 Å². The third-order valence-corrected chi connectivity index (χ3v) is 4.46. The van der Waals surface area contributed by atoms with Crippen LogP contribution in [-0.4, -0.2) is 51.3 Å². The van der Waals surface area contributed by atoms with Crippen LogP contribution in [0.3, 0.4) is 0 Å². The molecule has 1 aliphatic rings. The topological polar surface area (TPSA) is 107 Å². The van der Waals surface area contributed by atoms with E-state index >= 15 is 0 Å². The van der Waals surface area contributed by atoms with Crippen molar-refractivity contribution in [2.45, 2.75) is 31.3 Å². The first-order chi connectivity index (χ1) is 12.0. The number of carbonyl (C=O) groups excluding carboxylic acids is 1. The summed E-state index contributed by atoms with van der Waals surface area (Å²) in [6.45, 7) is -0.815. The van der Waals surface area contributed by atoms with Gasteiger partial charge in [0.25, 0.3) is 0 Å². The minimum Gasteiger partial charge on any atom is -0.459 e. The normalized spacial score (nSPS) is 15.8. The zero-order valence-electron chi connectivity index (χ0n) is 13.5. The van der Waals surface area contributed by atoms with Gasteiger partial charge in [-0.3, -0.25) is 0 Å². The first-order valence-corrected chi connectivity index (χ1v) is 8.03. The first kappa shape index (κ1) is 17.6. The number of rotatable bonds is 6. The SMILES string of the molecule is O=C(OCc1cccc2c1Cc1ccccc1-2)C(O)C(O)C(O)CO. The fraction of sp³-hybridized carbons (Fsp3) is 0.316. The maximum atomic E-state index is 11.9. The van der Waals surface area contributed by atoms with Gasteiger partial charge in [-0.2, -0.15) is 0 Å². The summed E-state index contributed by atoms with van der Waals surface area (Å²) < 4.78 is 5.09. The molecule has 0 heterocycles. The van der Waals surface area contributed by atoms with Gasteiger partial charge in [0.15, 0.2) is 6.10 Å². The van der Waals surface area contributed by atoms with Gasteiger partial charge < -0.3 is 25.2 Å². The van der Waals surface area contributed by atoms with Gasteiger partial charge in [-0.05, 0) is 34.2 Å². The molecule has 0 aliphatic heterocycles. The number of ether oxygens (including phenoxy) is 1. The zero-order chi connectivity index (χ0) is 18.0. The van der Waals surface area contributed by atoms with Crippen molar-refractivity contribution in [3.05, 3.63) is 59.2 Å². The maximum Gasteiger partial charge on any atom is 0.338 e. The van der Waals surface area contributed by atoms with Gasteiger partial charge in [0, 0.05) is 0 Å². The summed E-state index contributed by atoms with van der Waals surface area (Å²) >= 11 is 0. The molecule has 0 aromatic heterocycles. The Morgan fingerprint density at radius 3 is 2.52 bits per heavy atom. The summed E-state index contributed by atoms with van der Waals surface area (Å²) in [5, 5.41) is 37.3. The number of hydrogen-bond acceptors (Lipinski definition) is 6. The lowest BCUT2D eigenvalue weighted by molar-refractivity contribution is -0.167. The lowest BCUT2D eigenvalue weighted by atomic mass is 10.0. The standard InChI is InChI=1S/C19H20O6/c20-9-16(21)17(22)18(23)19(24)25-10-12-5-3-7-14-13-6-2-1-4-11(13)8-15(12)14/h1-7,16-18,20-23H,8-10H2. The second-order valence-corrected chi connectivity index (χ2v) is 6.07. The van der Waals surface area contributed by atoms with Crippen molar-refractivity contribution in [2.24, 2.45) is 0 Å². The summed E-state index contributed by atoms with van der Waals surface area (Å²) in [5.41, 5.74) is 5.36. The van der Waals surface area contributed by atoms with E-state index in [1.165, 1.54) is 5.56 Å². The number of aliphatic hydroxyl groups excluding tert-OH is 4. The van der Waals surface area contributed by atoms with Crippen molar-refractivity contribution < 1.29 is 30.0 Å². The first-order valence-electron chi connectivity index (χ1n) is 8.03. The van der Waals surface area contributed by atoms with Crippen LogP contribution in [0.5, 0.6) is 0 Å².